The first-order valence-corrected chi connectivity index (χ1v) is 13.5. The van der Waals surface area contributed by atoms with E-state index in [2.05, 4.69) is 0 Å². The molecule has 0 atom stereocenters. The average molecular weight is 658 g/mol. The molecule has 3 aromatic carbocycles. The van der Waals surface area contributed by atoms with Gasteiger partial charge in [-0.05, 0) is 41.5 Å². The minimum absolute atomic E-state index is 1.17. The Labute approximate surface area is 235 Å². The fourth-order valence-electron chi connectivity index (χ4n) is 5.47. The van der Waals surface area contributed by atoms with Crippen LogP contribution in [-0.2, 0) is 0 Å². The maximum atomic E-state index is 17.1. The summed E-state index contributed by atoms with van der Waals surface area (Å²) in [5.41, 5.74) is -9.36. The Kier molecular flexibility index (Phi) is 8.79. The second-order valence-corrected chi connectivity index (χ2v) is 15.9. The molecule has 0 radical (unpaired) electrons. The molecule has 17 heteroatoms. The first-order chi connectivity index (χ1) is 19.4. The summed E-state index contributed by atoms with van der Waals surface area (Å²) in [7, 11) is -2.90. The van der Waals surface area contributed by atoms with Crippen molar-refractivity contribution in [1.82, 2.24) is 0 Å². The van der Waals surface area contributed by atoms with E-state index < -0.39 is 128 Å². The van der Waals surface area contributed by atoms with Crippen LogP contribution in [0.2, 0.25) is 0 Å². The molecular weight excluding hydrogens is 639 g/mol. The zero-order valence-corrected chi connectivity index (χ0v) is 23.7. The lowest BCUT2D eigenvalue weighted by Gasteiger charge is -2.38. The third-order valence-corrected chi connectivity index (χ3v) is 10.7. The van der Waals surface area contributed by atoms with E-state index in [4.69, 9.17) is 0 Å². The van der Waals surface area contributed by atoms with Crippen molar-refractivity contribution in [3.63, 3.8) is 0 Å². The maximum absolute atomic E-state index is 17.1. The van der Waals surface area contributed by atoms with Crippen LogP contribution in [0.15, 0.2) is 0 Å². The Balaban J connectivity index is 2.77. The Morgan fingerprint density at radius 2 is 0.535 bits per heavy atom. The molecule has 0 N–H and O–H groups in total. The number of halogens is 15. The summed E-state index contributed by atoms with van der Waals surface area (Å²) >= 11 is 0. The molecule has 0 fully saturated rings. The fraction of sp³-hybridized carbons (Fsp3) is 0.308. The number of benzene rings is 3. The van der Waals surface area contributed by atoms with Gasteiger partial charge in [-0.3, -0.25) is 0 Å². The van der Waals surface area contributed by atoms with Gasteiger partial charge in [0.15, 0.2) is 40.2 Å². The molecule has 0 saturated heterocycles. The Morgan fingerprint density at radius 1 is 0.349 bits per heavy atom. The highest BCUT2D eigenvalue weighted by Crippen LogP contribution is 2.59. The Morgan fingerprint density at radius 3 is 0.744 bits per heavy atom. The monoisotopic (exact) mass is 658 g/mol. The Bertz CT molecular complexity index is 1490. The summed E-state index contributed by atoms with van der Waals surface area (Å²) in [6.07, 6.45) is -6.82. The summed E-state index contributed by atoms with van der Waals surface area (Å²) in [6, 6.07) is 0. The zero-order valence-electron chi connectivity index (χ0n) is 22.7. The maximum Gasteiger partial charge on any atom is 0.251 e. The number of rotatable bonds is 4. The van der Waals surface area contributed by atoms with Crippen LogP contribution in [0.3, 0.4) is 0 Å². The van der Waals surface area contributed by atoms with Gasteiger partial charge in [-0.1, -0.05) is 16.4 Å². The second-order valence-electron chi connectivity index (χ2n) is 11.6. The first kappa shape index (κ1) is 34.6. The molecule has 3 rings (SSSR count). The molecule has 0 nitrogen and oxygen atoms in total. The lowest BCUT2D eigenvalue weighted by molar-refractivity contribution is 0.380. The molecule has 0 aliphatic carbocycles. The quantitative estimate of drug-likeness (QED) is 0.0932. The molecule has 0 aliphatic rings. The summed E-state index contributed by atoms with van der Waals surface area (Å²) in [4.78, 5) is 0. The summed E-state index contributed by atoms with van der Waals surface area (Å²) in [5.74, 6) is -43.0. The van der Waals surface area contributed by atoms with Crippen molar-refractivity contribution in [2.24, 2.45) is 0 Å². The molecule has 3 aromatic rings. The van der Waals surface area contributed by atoms with Gasteiger partial charge in [0.1, 0.15) is 34.9 Å². The minimum atomic E-state index is -6.82. The molecule has 0 aromatic heterocycles. The Hall–Kier alpha value is -2.90. The lowest BCUT2D eigenvalue weighted by atomic mass is 9.30. The summed E-state index contributed by atoms with van der Waals surface area (Å²) < 4.78 is 224. The summed E-state index contributed by atoms with van der Waals surface area (Å²) in [5, 5.41) is -3.71. The van der Waals surface area contributed by atoms with Crippen LogP contribution in [0.25, 0.3) is 0 Å². The van der Waals surface area contributed by atoms with Crippen molar-refractivity contribution >= 4 is 36.0 Å². The normalized spacial score (nSPS) is 13.0. The van der Waals surface area contributed by atoms with Crippen LogP contribution in [-0.4, -0.2) is 16.7 Å². The van der Waals surface area contributed by atoms with Crippen LogP contribution in [0, 0.1) is 81.4 Å². The van der Waals surface area contributed by atoms with Crippen molar-refractivity contribution in [1.29, 1.82) is 0 Å². The summed E-state index contributed by atoms with van der Waals surface area (Å²) in [6.45, 7) is 8.35. The van der Waals surface area contributed by atoms with Gasteiger partial charge in [-0.2, -0.15) is 8.78 Å². The molecule has 0 unspecified atom stereocenters. The minimum Gasteiger partial charge on any atom is -0.498 e. The van der Waals surface area contributed by atoms with Gasteiger partial charge >= 0.3 is 0 Å². The molecule has 0 spiro atoms. The average Bonchev–Trinajstić information content (AvgIpc) is 2.88. The highest BCUT2D eigenvalue weighted by atomic mass is 31.1. The smallest absolute Gasteiger partial charge is 0.251 e. The van der Waals surface area contributed by atoms with E-state index in [1.54, 1.807) is 0 Å². The molecule has 43 heavy (non-hydrogen) atoms. The first-order valence-electron chi connectivity index (χ1n) is 12.0. The van der Waals surface area contributed by atoms with Crippen LogP contribution in [0.4, 0.5) is 65.8 Å². The van der Waals surface area contributed by atoms with Crippen molar-refractivity contribution in [3.8, 4) is 0 Å². The predicted molar refractivity (Wildman–Crippen MR) is 132 cm³/mol. The molecule has 0 bridgehead atoms. The molecule has 236 valence electrons. The van der Waals surface area contributed by atoms with Gasteiger partial charge in [0.05, 0.1) is 18.2 Å². The second kappa shape index (κ2) is 10.9. The van der Waals surface area contributed by atoms with E-state index in [-0.39, 0.29) is 0 Å². The van der Waals surface area contributed by atoms with Gasteiger partial charge in [0.2, 0.25) is 11.6 Å². The standard InChI is InChI=1S/C26H18BF15P/c1-25(2,3)43(26(4,5)6)24-22(40)14(32)9(15(33)23(24)41)27(42,7-10(28)16(34)20(38)17(35)11(7)29)8-12(30)18(36)21(39)19(37)13(8)31/h1-6H3/q-1/p+1. The number of hydrogen-bond acceptors (Lipinski definition) is 0. The van der Waals surface area contributed by atoms with Crippen LogP contribution < -0.4 is 21.7 Å². The van der Waals surface area contributed by atoms with E-state index in [0.717, 1.165) is 0 Å². The lowest BCUT2D eigenvalue weighted by Crippen LogP contribution is -2.70. The highest BCUT2D eigenvalue weighted by molar-refractivity contribution is 7.68. The van der Waals surface area contributed by atoms with Gasteiger partial charge in [0.25, 0.3) is 6.42 Å². The van der Waals surface area contributed by atoms with Crippen LogP contribution in [0.5, 0.6) is 0 Å². The molecule has 0 aliphatic heterocycles. The zero-order chi connectivity index (χ0) is 33.5. The van der Waals surface area contributed by atoms with E-state index in [0.29, 0.717) is 0 Å². The molecule has 0 amide bonds. The van der Waals surface area contributed by atoms with Gasteiger partial charge < -0.3 is 4.32 Å². The van der Waals surface area contributed by atoms with Gasteiger partial charge in [0, 0.05) is 0 Å². The van der Waals surface area contributed by atoms with E-state index in [1.165, 1.54) is 41.5 Å². The highest BCUT2D eigenvalue weighted by Gasteiger charge is 2.53. The largest absolute Gasteiger partial charge is 0.498 e. The topological polar surface area (TPSA) is 0 Å². The van der Waals surface area contributed by atoms with Crippen molar-refractivity contribution in [3.05, 3.63) is 81.4 Å². The van der Waals surface area contributed by atoms with Gasteiger partial charge in [-0.25, -0.2) is 52.7 Å². The van der Waals surface area contributed by atoms with Crippen molar-refractivity contribution < 1.29 is 65.8 Å². The van der Waals surface area contributed by atoms with E-state index in [9.17, 15) is 43.9 Å². The van der Waals surface area contributed by atoms with E-state index >= 15 is 21.9 Å². The molecular formula is C26H19BF15P. The fourth-order valence-corrected chi connectivity index (χ4v) is 9.88. The molecule has 0 heterocycles. The van der Waals surface area contributed by atoms with Gasteiger partial charge in [-0.15, -0.1) is 0 Å². The van der Waals surface area contributed by atoms with Crippen LogP contribution >= 0.6 is 7.92 Å². The van der Waals surface area contributed by atoms with Crippen LogP contribution in [0.1, 0.15) is 41.5 Å². The molecule has 0 saturated carbocycles. The van der Waals surface area contributed by atoms with Crippen molar-refractivity contribution in [2.45, 2.75) is 51.9 Å². The number of hydrogen-bond donors (Lipinski definition) is 0. The van der Waals surface area contributed by atoms with E-state index in [1.807, 2.05) is 0 Å². The third-order valence-electron chi connectivity index (χ3n) is 6.73. The third kappa shape index (κ3) is 5.06. The predicted octanol–water partition coefficient (Wildman–Crippen LogP) is 7.01. The van der Waals surface area contributed by atoms with Crippen molar-refractivity contribution in [2.75, 3.05) is 0 Å². The SMILES string of the molecule is CC(C)(C)[PH+](c1c(F)c(F)c([B-](F)(c2c(F)c(F)c(F)c(F)c2F)c2c(F)c(F)c(F)c(F)c2F)c(F)c1F)C(C)(C)C.